The third-order valence-electron chi connectivity index (χ3n) is 3.43. The Labute approximate surface area is 145 Å². The molecule has 5 nitrogen and oxygen atoms in total. The second-order valence-electron chi connectivity index (χ2n) is 5.10. The lowest BCUT2D eigenvalue weighted by Gasteiger charge is -2.21. The van der Waals surface area contributed by atoms with E-state index in [2.05, 4.69) is 5.32 Å². The summed E-state index contributed by atoms with van der Waals surface area (Å²) in [5.74, 6) is -0.650. The van der Waals surface area contributed by atoms with Gasteiger partial charge in [0, 0.05) is 18.5 Å². The molecule has 0 fully saturated rings. The minimum atomic E-state index is -0.335. The van der Waals surface area contributed by atoms with Crippen LogP contribution >= 0.6 is 11.6 Å². The smallest absolute Gasteiger partial charge is 0.240 e. The van der Waals surface area contributed by atoms with Gasteiger partial charge >= 0.3 is 0 Å². The van der Waals surface area contributed by atoms with Gasteiger partial charge in [0.05, 0.1) is 11.3 Å². The van der Waals surface area contributed by atoms with Gasteiger partial charge in [0.15, 0.2) is 0 Å². The van der Waals surface area contributed by atoms with E-state index in [-0.39, 0.29) is 24.9 Å². The quantitative estimate of drug-likeness (QED) is 0.908. The van der Waals surface area contributed by atoms with Gasteiger partial charge in [-0.3, -0.25) is 9.59 Å². The Kier molecular flexibility index (Phi) is 5.94. The molecule has 0 unspecified atom stereocenters. The predicted octanol–water partition coefficient (Wildman–Crippen LogP) is 2.88. The first kappa shape index (κ1) is 17.5. The van der Waals surface area contributed by atoms with Crippen LogP contribution in [0.2, 0.25) is 5.02 Å². The highest BCUT2D eigenvalue weighted by Crippen LogP contribution is 2.19. The van der Waals surface area contributed by atoms with Crippen LogP contribution in [0.4, 0.5) is 5.69 Å². The first-order valence-electron chi connectivity index (χ1n) is 7.30. The number of rotatable bonds is 5. The molecule has 2 amide bonds. The lowest BCUT2D eigenvalue weighted by atomic mass is 10.1. The van der Waals surface area contributed by atoms with Gasteiger partial charge < -0.3 is 10.2 Å². The van der Waals surface area contributed by atoms with Gasteiger partial charge in [-0.2, -0.15) is 5.26 Å². The number of hydrogen-bond acceptors (Lipinski definition) is 3. The average Bonchev–Trinajstić information content (AvgIpc) is 2.58. The zero-order valence-corrected chi connectivity index (χ0v) is 13.9. The van der Waals surface area contributed by atoms with Crippen molar-refractivity contribution in [3.05, 3.63) is 64.7 Å². The van der Waals surface area contributed by atoms with Crippen molar-refractivity contribution in [3.63, 3.8) is 0 Å². The third kappa shape index (κ3) is 4.34. The molecule has 0 saturated carbocycles. The number of amides is 2. The minimum absolute atomic E-state index is 0.168. The van der Waals surface area contributed by atoms with Crippen molar-refractivity contribution in [1.82, 2.24) is 5.32 Å². The molecule has 0 bridgehead atoms. The van der Waals surface area contributed by atoms with E-state index in [1.54, 1.807) is 30.3 Å². The van der Waals surface area contributed by atoms with Crippen LogP contribution in [0.1, 0.15) is 18.1 Å². The molecule has 0 aromatic heterocycles. The van der Waals surface area contributed by atoms with Crippen molar-refractivity contribution >= 4 is 29.1 Å². The summed E-state index contributed by atoms with van der Waals surface area (Å²) in [6, 6.07) is 15.9. The highest BCUT2D eigenvalue weighted by Gasteiger charge is 2.18. The Morgan fingerprint density at radius 2 is 1.83 bits per heavy atom. The predicted molar refractivity (Wildman–Crippen MR) is 92.5 cm³/mol. The standard InChI is InChI=1S/C18H16ClN3O2/c1-13(23)22(17-9-5-3-6-14(17)10-20)12-18(24)21-11-15-7-2-4-8-16(15)19/h2-9H,11-12H2,1H3,(H,21,24). The topological polar surface area (TPSA) is 73.2 Å². The Morgan fingerprint density at radius 1 is 1.17 bits per heavy atom. The fourth-order valence-corrected chi connectivity index (χ4v) is 2.41. The van der Waals surface area contributed by atoms with Crippen molar-refractivity contribution in [2.45, 2.75) is 13.5 Å². The molecule has 0 atom stereocenters. The summed E-state index contributed by atoms with van der Waals surface area (Å²) in [6.45, 7) is 1.46. The van der Waals surface area contributed by atoms with Gasteiger partial charge in [-0.25, -0.2) is 0 Å². The van der Waals surface area contributed by atoms with Crippen LogP contribution < -0.4 is 10.2 Å². The zero-order valence-electron chi connectivity index (χ0n) is 13.1. The SMILES string of the molecule is CC(=O)N(CC(=O)NCc1ccccc1Cl)c1ccccc1C#N. The molecule has 24 heavy (non-hydrogen) atoms. The molecule has 0 aliphatic heterocycles. The minimum Gasteiger partial charge on any atom is -0.350 e. The number of anilines is 1. The number of nitrogens with one attached hydrogen (secondary N) is 1. The maximum absolute atomic E-state index is 12.2. The molecular formula is C18H16ClN3O2. The fraction of sp³-hybridized carbons (Fsp3) is 0.167. The van der Waals surface area contributed by atoms with Crippen LogP contribution in [-0.4, -0.2) is 18.4 Å². The molecular weight excluding hydrogens is 326 g/mol. The number of carbonyl (C=O) groups excluding carboxylic acids is 2. The van der Waals surface area contributed by atoms with Gasteiger partial charge in [-0.15, -0.1) is 0 Å². The molecule has 2 aromatic carbocycles. The number of carbonyl (C=O) groups is 2. The summed E-state index contributed by atoms with van der Waals surface area (Å²) in [6.07, 6.45) is 0. The van der Waals surface area contributed by atoms with Crippen molar-refractivity contribution < 1.29 is 9.59 Å². The van der Waals surface area contributed by atoms with E-state index >= 15 is 0 Å². The van der Waals surface area contributed by atoms with Gasteiger partial charge in [0.1, 0.15) is 12.6 Å². The van der Waals surface area contributed by atoms with Gasteiger partial charge in [-0.05, 0) is 23.8 Å². The lowest BCUT2D eigenvalue weighted by molar-refractivity contribution is -0.123. The van der Waals surface area contributed by atoms with Gasteiger partial charge in [0.25, 0.3) is 0 Å². The summed E-state index contributed by atoms with van der Waals surface area (Å²) < 4.78 is 0. The highest BCUT2D eigenvalue weighted by molar-refractivity contribution is 6.31. The molecule has 2 rings (SSSR count). The van der Waals surface area contributed by atoms with Crippen LogP contribution in [0.5, 0.6) is 0 Å². The van der Waals surface area contributed by atoms with E-state index in [9.17, 15) is 9.59 Å². The maximum Gasteiger partial charge on any atom is 0.240 e. The fourth-order valence-electron chi connectivity index (χ4n) is 2.20. The van der Waals surface area contributed by atoms with E-state index in [1.807, 2.05) is 24.3 Å². The first-order valence-corrected chi connectivity index (χ1v) is 7.68. The first-order chi connectivity index (χ1) is 11.5. The number of nitriles is 1. The maximum atomic E-state index is 12.2. The Morgan fingerprint density at radius 3 is 2.50 bits per heavy atom. The average molecular weight is 342 g/mol. The molecule has 0 saturated heterocycles. The van der Waals surface area contributed by atoms with Gasteiger partial charge in [-0.1, -0.05) is 41.9 Å². The molecule has 6 heteroatoms. The summed E-state index contributed by atoms with van der Waals surface area (Å²) >= 11 is 6.05. The Hall–Kier alpha value is -2.84. The van der Waals surface area contributed by atoms with E-state index in [0.717, 1.165) is 5.56 Å². The van der Waals surface area contributed by atoms with Crippen LogP contribution in [0.3, 0.4) is 0 Å². The largest absolute Gasteiger partial charge is 0.350 e. The van der Waals surface area contributed by atoms with E-state index in [4.69, 9.17) is 16.9 Å². The van der Waals surface area contributed by atoms with Crippen molar-refractivity contribution in [3.8, 4) is 6.07 Å². The van der Waals surface area contributed by atoms with Crippen LogP contribution in [0, 0.1) is 11.3 Å². The Bertz CT molecular complexity index is 799. The molecule has 122 valence electrons. The van der Waals surface area contributed by atoms with Crippen molar-refractivity contribution in [1.29, 1.82) is 5.26 Å². The van der Waals surface area contributed by atoms with Crippen molar-refractivity contribution in [2.24, 2.45) is 0 Å². The summed E-state index contributed by atoms with van der Waals surface area (Å²) in [4.78, 5) is 25.4. The summed E-state index contributed by atoms with van der Waals surface area (Å²) in [5, 5.41) is 12.5. The monoisotopic (exact) mass is 341 g/mol. The zero-order chi connectivity index (χ0) is 17.5. The molecule has 1 N–H and O–H groups in total. The van der Waals surface area contributed by atoms with E-state index in [1.165, 1.54) is 11.8 Å². The summed E-state index contributed by atoms with van der Waals surface area (Å²) in [7, 11) is 0. The molecule has 0 heterocycles. The number of halogens is 1. The molecule has 0 spiro atoms. The van der Waals surface area contributed by atoms with Gasteiger partial charge in [0.2, 0.25) is 11.8 Å². The molecule has 0 radical (unpaired) electrons. The summed E-state index contributed by atoms with van der Waals surface area (Å²) in [5.41, 5.74) is 1.55. The van der Waals surface area contributed by atoms with E-state index in [0.29, 0.717) is 16.3 Å². The van der Waals surface area contributed by atoms with Crippen LogP contribution in [0.25, 0.3) is 0 Å². The normalized spacial score (nSPS) is 9.88. The second-order valence-corrected chi connectivity index (χ2v) is 5.51. The Balaban J connectivity index is 2.08. The number of para-hydroxylation sites is 1. The highest BCUT2D eigenvalue weighted by atomic mass is 35.5. The molecule has 0 aliphatic carbocycles. The molecule has 0 aliphatic rings. The van der Waals surface area contributed by atoms with E-state index < -0.39 is 0 Å². The third-order valence-corrected chi connectivity index (χ3v) is 3.80. The van der Waals surface area contributed by atoms with Crippen LogP contribution in [0.15, 0.2) is 48.5 Å². The number of benzene rings is 2. The van der Waals surface area contributed by atoms with Crippen LogP contribution in [-0.2, 0) is 16.1 Å². The lowest BCUT2D eigenvalue weighted by Crippen LogP contribution is -2.40. The number of hydrogen-bond donors (Lipinski definition) is 1. The second kappa shape index (κ2) is 8.14. The van der Waals surface area contributed by atoms with Crippen molar-refractivity contribution in [2.75, 3.05) is 11.4 Å². The number of nitrogens with zero attached hydrogens (tertiary/aromatic N) is 2. The molecule has 2 aromatic rings.